The van der Waals surface area contributed by atoms with Crippen LogP contribution in [0.15, 0.2) is 0 Å². The summed E-state index contributed by atoms with van der Waals surface area (Å²) in [7, 11) is 0. The van der Waals surface area contributed by atoms with Crippen molar-refractivity contribution in [3.63, 3.8) is 0 Å². The minimum atomic E-state index is -0.270. The van der Waals surface area contributed by atoms with E-state index in [1.165, 1.54) is 6.42 Å². The summed E-state index contributed by atoms with van der Waals surface area (Å²) in [4.78, 5) is 11.6. The highest BCUT2D eigenvalue weighted by Gasteiger charge is 2.21. The number of hydrogen-bond donors (Lipinski definition) is 2. The van der Waals surface area contributed by atoms with E-state index in [1.54, 1.807) is 0 Å². The second kappa shape index (κ2) is 6.21. The fourth-order valence-corrected chi connectivity index (χ4v) is 1.98. The van der Waals surface area contributed by atoms with E-state index in [0.717, 1.165) is 13.0 Å². The van der Waals surface area contributed by atoms with Crippen LogP contribution in [0.4, 0.5) is 0 Å². The van der Waals surface area contributed by atoms with Gasteiger partial charge in [-0.15, -0.1) is 0 Å². The lowest BCUT2D eigenvalue weighted by Crippen LogP contribution is -2.42. The molecule has 94 valence electrons. The number of nitrogens with one attached hydrogen (secondary N) is 2. The highest BCUT2D eigenvalue weighted by molar-refractivity contribution is 5.76. The number of ether oxygens (including phenoxy) is 1. The molecule has 1 saturated heterocycles. The van der Waals surface area contributed by atoms with E-state index in [1.807, 2.05) is 20.8 Å². The number of amides is 1. The van der Waals surface area contributed by atoms with Crippen molar-refractivity contribution in [1.29, 1.82) is 0 Å². The molecule has 0 aliphatic carbocycles. The highest BCUT2D eigenvalue weighted by atomic mass is 16.5. The Hall–Kier alpha value is -0.610. The lowest BCUT2D eigenvalue weighted by Gasteiger charge is -2.25. The van der Waals surface area contributed by atoms with Crippen LogP contribution in [0.25, 0.3) is 0 Å². The Morgan fingerprint density at radius 1 is 1.56 bits per heavy atom. The quantitative estimate of drug-likeness (QED) is 0.714. The summed E-state index contributed by atoms with van der Waals surface area (Å²) >= 11 is 0. The standard InChI is InChI=1S/C12H24N2O2/c1-4-16-12(2,3)9-14-11(15)8-10-6-5-7-13-10/h10,13H,4-9H2,1-3H3,(H,14,15). The van der Waals surface area contributed by atoms with Crippen LogP contribution in [0.5, 0.6) is 0 Å². The molecule has 1 atom stereocenters. The smallest absolute Gasteiger partial charge is 0.221 e. The molecule has 0 bridgehead atoms. The van der Waals surface area contributed by atoms with Crippen LogP contribution in [0.2, 0.25) is 0 Å². The van der Waals surface area contributed by atoms with Crippen molar-refractivity contribution < 1.29 is 9.53 Å². The molecule has 16 heavy (non-hydrogen) atoms. The predicted octanol–water partition coefficient (Wildman–Crippen LogP) is 1.06. The topological polar surface area (TPSA) is 50.4 Å². The van der Waals surface area contributed by atoms with Gasteiger partial charge in [-0.1, -0.05) is 0 Å². The van der Waals surface area contributed by atoms with Gasteiger partial charge in [-0.25, -0.2) is 0 Å². The Kier molecular flexibility index (Phi) is 5.22. The summed E-state index contributed by atoms with van der Waals surface area (Å²) < 4.78 is 5.52. The zero-order chi connectivity index (χ0) is 12.0. The van der Waals surface area contributed by atoms with Crippen molar-refractivity contribution in [1.82, 2.24) is 10.6 Å². The van der Waals surface area contributed by atoms with Gasteiger partial charge in [0.15, 0.2) is 0 Å². The Labute approximate surface area is 98.1 Å². The van der Waals surface area contributed by atoms with Gasteiger partial charge in [-0.05, 0) is 40.2 Å². The summed E-state index contributed by atoms with van der Waals surface area (Å²) in [6.07, 6.45) is 2.88. The highest BCUT2D eigenvalue weighted by Crippen LogP contribution is 2.10. The molecule has 0 aromatic rings. The molecule has 0 radical (unpaired) electrons. The zero-order valence-corrected chi connectivity index (χ0v) is 10.6. The maximum absolute atomic E-state index is 11.6. The van der Waals surface area contributed by atoms with E-state index < -0.39 is 0 Å². The van der Waals surface area contributed by atoms with E-state index in [9.17, 15) is 4.79 Å². The van der Waals surface area contributed by atoms with Crippen LogP contribution in [-0.4, -0.2) is 37.2 Å². The van der Waals surface area contributed by atoms with Gasteiger partial charge in [-0.2, -0.15) is 0 Å². The average Bonchev–Trinajstić information content (AvgIpc) is 2.68. The largest absolute Gasteiger partial charge is 0.374 e. The van der Waals surface area contributed by atoms with Gasteiger partial charge in [0.25, 0.3) is 0 Å². The average molecular weight is 228 g/mol. The van der Waals surface area contributed by atoms with Crippen molar-refractivity contribution in [3.8, 4) is 0 Å². The molecule has 0 aromatic carbocycles. The van der Waals surface area contributed by atoms with Gasteiger partial charge in [0.1, 0.15) is 0 Å². The fourth-order valence-electron chi connectivity index (χ4n) is 1.98. The summed E-state index contributed by atoms with van der Waals surface area (Å²) in [5.74, 6) is 0.118. The Morgan fingerprint density at radius 3 is 2.88 bits per heavy atom. The van der Waals surface area contributed by atoms with Crippen LogP contribution in [0.1, 0.15) is 40.0 Å². The molecule has 0 spiro atoms. The van der Waals surface area contributed by atoms with E-state index in [4.69, 9.17) is 4.74 Å². The monoisotopic (exact) mass is 228 g/mol. The minimum Gasteiger partial charge on any atom is -0.374 e. The Balaban J connectivity index is 2.18. The van der Waals surface area contributed by atoms with Gasteiger partial charge < -0.3 is 15.4 Å². The Morgan fingerprint density at radius 2 is 2.31 bits per heavy atom. The van der Waals surface area contributed by atoms with Gasteiger partial charge in [0.05, 0.1) is 5.60 Å². The zero-order valence-electron chi connectivity index (χ0n) is 10.6. The molecule has 4 nitrogen and oxygen atoms in total. The van der Waals surface area contributed by atoms with E-state index in [2.05, 4.69) is 10.6 Å². The second-order valence-electron chi connectivity index (χ2n) is 4.97. The normalized spacial score (nSPS) is 21.1. The third-order valence-corrected chi connectivity index (χ3v) is 2.84. The van der Waals surface area contributed by atoms with E-state index in [0.29, 0.717) is 25.6 Å². The van der Waals surface area contributed by atoms with Crippen LogP contribution >= 0.6 is 0 Å². The molecule has 1 heterocycles. The lowest BCUT2D eigenvalue weighted by atomic mass is 10.1. The van der Waals surface area contributed by atoms with Crippen LogP contribution in [0.3, 0.4) is 0 Å². The van der Waals surface area contributed by atoms with Gasteiger partial charge in [-0.3, -0.25) is 4.79 Å². The van der Waals surface area contributed by atoms with Gasteiger partial charge >= 0.3 is 0 Å². The predicted molar refractivity (Wildman–Crippen MR) is 64.4 cm³/mol. The summed E-state index contributed by atoms with van der Waals surface area (Å²) in [6, 6.07) is 0.371. The first-order valence-corrected chi connectivity index (χ1v) is 6.17. The van der Waals surface area contributed by atoms with E-state index in [-0.39, 0.29) is 11.5 Å². The number of carbonyl (C=O) groups excluding carboxylic acids is 1. The molecular formula is C12H24N2O2. The second-order valence-corrected chi connectivity index (χ2v) is 4.97. The molecule has 1 aliphatic heterocycles. The first-order chi connectivity index (χ1) is 7.53. The molecule has 1 unspecified atom stereocenters. The summed E-state index contributed by atoms with van der Waals surface area (Å²) in [5, 5.41) is 6.25. The van der Waals surface area contributed by atoms with Gasteiger partial charge in [0.2, 0.25) is 5.91 Å². The van der Waals surface area contributed by atoms with Crippen LogP contribution in [0, 0.1) is 0 Å². The van der Waals surface area contributed by atoms with Crippen molar-refractivity contribution in [2.24, 2.45) is 0 Å². The minimum absolute atomic E-state index is 0.118. The SMILES string of the molecule is CCOC(C)(C)CNC(=O)CC1CCCN1. The van der Waals surface area contributed by atoms with Crippen molar-refractivity contribution >= 4 is 5.91 Å². The molecule has 4 heteroatoms. The third-order valence-electron chi connectivity index (χ3n) is 2.84. The van der Waals surface area contributed by atoms with Gasteiger partial charge in [0, 0.05) is 25.6 Å². The third kappa shape index (κ3) is 4.94. The maximum Gasteiger partial charge on any atom is 0.221 e. The molecule has 0 aromatic heterocycles. The van der Waals surface area contributed by atoms with Crippen LogP contribution < -0.4 is 10.6 Å². The first-order valence-electron chi connectivity index (χ1n) is 6.17. The number of carbonyl (C=O) groups is 1. The van der Waals surface area contributed by atoms with Crippen molar-refractivity contribution in [2.45, 2.75) is 51.7 Å². The first kappa shape index (κ1) is 13.5. The molecule has 1 fully saturated rings. The molecule has 1 rings (SSSR count). The number of hydrogen-bond acceptors (Lipinski definition) is 3. The maximum atomic E-state index is 11.6. The number of rotatable bonds is 6. The Bertz CT molecular complexity index is 223. The lowest BCUT2D eigenvalue weighted by molar-refractivity contribution is -0.123. The van der Waals surface area contributed by atoms with Crippen molar-refractivity contribution in [2.75, 3.05) is 19.7 Å². The fraction of sp³-hybridized carbons (Fsp3) is 0.917. The molecule has 1 amide bonds. The summed E-state index contributed by atoms with van der Waals surface area (Å²) in [5.41, 5.74) is -0.270. The van der Waals surface area contributed by atoms with Crippen molar-refractivity contribution in [3.05, 3.63) is 0 Å². The molecule has 1 aliphatic rings. The molecule has 0 saturated carbocycles. The van der Waals surface area contributed by atoms with E-state index >= 15 is 0 Å². The molecular weight excluding hydrogens is 204 g/mol. The van der Waals surface area contributed by atoms with Crippen LogP contribution in [-0.2, 0) is 9.53 Å². The molecule has 2 N–H and O–H groups in total. The summed E-state index contributed by atoms with van der Waals surface area (Å²) in [6.45, 7) is 8.24.